The van der Waals surface area contributed by atoms with Crippen LogP contribution >= 0.6 is 0 Å². The molecule has 0 aromatic heterocycles. The van der Waals surface area contributed by atoms with Crippen LogP contribution in [0.25, 0.3) is 0 Å². The van der Waals surface area contributed by atoms with Crippen LogP contribution in [0, 0.1) is 6.92 Å². The monoisotopic (exact) mass is 273 g/mol. The number of nitrogens with zero attached hydrogens (tertiary/aromatic N) is 1. The minimum Gasteiger partial charge on any atom is -0.478 e. The van der Waals surface area contributed by atoms with Gasteiger partial charge in [-0.05, 0) is 24.6 Å². The van der Waals surface area contributed by atoms with Crippen molar-refractivity contribution in [3.8, 4) is 0 Å². The van der Waals surface area contributed by atoms with Gasteiger partial charge < -0.3 is 10.2 Å². The molecule has 0 spiro atoms. The Labute approximate surface area is 106 Å². The molecular weight excluding hydrogens is 258 g/mol. The summed E-state index contributed by atoms with van der Waals surface area (Å²) in [7, 11) is -2.45. The number of aromatic carboxylic acids is 1. The SMILES string of the molecule is Cc1ccc(C(=O)O)cc1S(=O)(=O)N(C)CCO. The molecule has 0 aliphatic heterocycles. The van der Waals surface area contributed by atoms with Crippen molar-refractivity contribution < 1.29 is 23.4 Å². The number of carboxylic acids is 1. The number of aryl methyl sites for hydroxylation is 1. The maximum atomic E-state index is 12.1. The van der Waals surface area contributed by atoms with E-state index in [0.29, 0.717) is 5.56 Å². The first kappa shape index (κ1) is 14.6. The molecule has 0 unspecified atom stereocenters. The predicted molar refractivity (Wildman–Crippen MR) is 65.0 cm³/mol. The number of sulfonamides is 1. The smallest absolute Gasteiger partial charge is 0.335 e. The van der Waals surface area contributed by atoms with Crippen LogP contribution in [0.2, 0.25) is 0 Å². The largest absolute Gasteiger partial charge is 0.478 e. The lowest BCUT2D eigenvalue weighted by Crippen LogP contribution is -2.30. The van der Waals surface area contributed by atoms with Gasteiger partial charge in [0.05, 0.1) is 17.1 Å². The topological polar surface area (TPSA) is 94.9 Å². The van der Waals surface area contributed by atoms with Gasteiger partial charge in [-0.3, -0.25) is 0 Å². The lowest BCUT2D eigenvalue weighted by Gasteiger charge is -2.17. The Hall–Kier alpha value is -1.44. The van der Waals surface area contributed by atoms with Gasteiger partial charge in [0.2, 0.25) is 10.0 Å². The average Bonchev–Trinajstić information content (AvgIpc) is 2.29. The van der Waals surface area contributed by atoms with Crippen LogP contribution in [0.4, 0.5) is 0 Å². The van der Waals surface area contributed by atoms with Crippen LogP contribution in [0.5, 0.6) is 0 Å². The van der Waals surface area contributed by atoms with Crippen molar-refractivity contribution in [2.45, 2.75) is 11.8 Å². The van der Waals surface area contributed by atoms with Gasteiger partial charge in [-0.1, -0.05) is 6.07 Å². The summed E-state index contributed by atoms with van der Waals surface area (Å²) in [4.78, 5) is 10.8. The molecule has 2 N–H and O–H groups in total. The lowest BCUT2D eigenvalue weighted by atomic mass is 10.1. The first-order chi connectivity index (χ1) is 8.30. The maximum Gasteiger partial charge on any atom is 0.335 e. The third-order valence-electron chi connectivity index (χ3n) is 2.54. The molecule has 0 aliphatic carbocycles. The standard InChI is InChI=1S/C11H15NO5S/c1-8-3-4-9(11(14)15)7-10(8)18(16,17)12(2)5-6-13/h3-4,7,13H,5-6H2,1-2H3,(H,14,15). The molecule has 1 rings (SSSR count). The molecule has 6 nitrogen and oxygen atoms in total. The zero-order chi connectivity index (χ0) is 13.9. The molecule has 0 bridgehead atoms. The molecule has 0 heterocycles. The zero-order valence-corrected chi connectivity index (χ0v) is 10.9. The minimum atomic E-state index is -3.78. The summed E-state index contributed by atoms with van der Waals surface area (Å²) in [6, 6.07) is 3.92. The van der Waals surface area contributed by atoms with E-state index in [1.165, 1.54) is 19.2 Å². The fourth-order valence-corrected chi connectivity index (χ4v) is 2.85. The van der Waals surface area contributed by atoms with Gasteiger partial charge in [0.1, 0.15) is 0 Å². The normalized spacial score (nSPS) is 11.8. The first-order valence-corrected chi connectivity index (χ1v) is 6.66. The lowest BCUT2D eigenvalue weighted by molar-refractivity contribution is 0.0696. The number of carboxylic acid groups (broad SMARTS) is 1. The summed E-state index contributed by atoms with van der Waals surface area (Å²) in [5.41, 5.74) is 0.376. The Morgan fingerprint density at radius 1 is 1.39 bits per heavy atom. The van der Waals surface area contributed by atoms with E-state index < -0.39 is 16.0 Å². The number of carbonyl (C=O) groups is 1. The first-order valence-electron chi connectivity index (χ1n) is 5.22. The Morgan fingerprint density at radius 3 is 2.50 bits per heavy atom. The molecule has 1 aromatic carbocycles. The Kier molecular flexibility index (Phi) is 4.44. The highest BCUT2D eigenvalue weighted by Crippen LogP contribution is 2.20. The quantitative estimate of drug-likeness (QED) is 0.805. The number of benzene rings is 1. The molecule has 0 aliphatic rings. The van der Waals surface area contributed by atoms with Gasteiger partial charge in [-0.25, -0.2) is 13.2 Å². The van der Waals surface area contributed by atoms with Gasteiger partial charge in [0.15, 0.2) is 0 Å². The molecule has 0 saturated carbocycles. The average molecular weight is 273 g/mol. The number of hydrogen-bond donors (Lipinski definition) is 2. The summed E-state index contributed by atoms with van der Waals surface area (Å²) < 4.78 is 25.3. The Balaban J connectivity index is 3.31. The van der Waals surface area contributed by atoms with E-state index in [9.17, 15) is 13.2 Å². The van der Waals surface area contributed by atoms with Crippen LogP contribution in [-0.4, -0.2) is 49.1 Å². The van der Waals surface area contributed by atoms with E-state index >= 15 is 0 Å². The van der Waals surface area contributed by atoms with Crippen molar-refractivity contribution in [3.63, 3.8) is 0 Å². The number of aliphatic hydroxyl groups is 1. The molecule has 100 valence electrons. The molecule has 0 fully saturated rings. The van der Waals surface area contributed by atoms with Gasteiger partial charge >= 0.3 is 5.97 Å². The van der Waals surface area contributed by atoms with Gasteiger partial charge in [0.25, 0.3) is 0 Å². The number of likely N-dealkylation sites (N-methyl/N-ethyl adjacent to an activating group) is 1. The van der Waals surface area contributed by atoms with Crippen LogP contribution < -0.4 is 0 Å². The molecule has 0 radical (unpaired) electrons. The Bertz CT molecular complexity index is 553. The van der Waals surface area contributed by atoms with Crippen molar-refractivity contribution >= 4 is 16.0 Å². The highest BCUT2D eigenvalue weighted by molar-refractivity contribution is 7.89. The molecule has 0 saturated heterocycles. The van der Waals surface area contributed by atoms with Gasteiger partial charge in [-0.15, -0.1) is 0 Å². The highest BCUT2D eigenvalue weighted by Gasteiger charge is 2.23. The fraction of sp³-hybridized carbons (Fsp3) is 0.364. The van der Waals surface area contributed by atoms with Crippen LogP contribution in [0.1, 0.15) is 15.9 Å². The molecular formula is C11H15NO5S. The number of aliphatic hydroxyl groups excluding tert-OH is 1. The summed E-state index contributed by atoms with van der Waals surface area (Å²) in [6.45, 7) is 1.25. The zero-order valence-electron chi connectivity index (χ0n) is 10.1. The molecule has 1 aromatic rings. The van der Waals surface area contributed by atoms with Gasteiger partial charge in [-0.2, -0.15) is 4.31 Å². The summed E-state index contributed by atoms with van der Waals surface area (Å²) in [5, 5.41) is 17.6. The molecule has 18 heavy (non-hydrogen) atoms. The Morgan fingerprint density at radius 2 is 2.00 bits per heavy atom. The minimum absolute atomic E-state index is 0.0426. The number of rotatable bonds is 5. The van der Waals surface area contributed by atoms with Crippen molar-refractivity contribution in [1.29, 1.82) is 0 Å². The van der Waals surface area contributed by atoms with Crippen LogP contribution in [-0.2, 0) is 10.0 Å². The molecule has 0 atom stereocenters. The van der Waals surface area contributed by atoms with E-state index in [1.807, 2.05) is 0 Å². The van der Waals surface area contributed by atoms with E-state index in [2.05, 4.69) is 0 Å². The van der Waals surface area contributed by atoms with Gasteiger partial charge in [0, 0.05) is 13.6 Å². The van der Waals surface area contributed by atoms with Crippen molar-refractivity contribution in [1.82, 2.24) is 4.31 Å². The molecule has 7 heteroatoms. The number of hydrogen-bond acceptors (Lipinski definition) is 4. The van der Waals surface area contributed by atoms with Crippen molar-refractivity contribution in [2.75, 3.05) is 20.2 Å². The third kappa shape index (κ3) is 2.87. The van der Waals surface area contributed by atoms with Crippen LogP contribution in [0.15, 0.2) is 23.1 Å². The third-order valence-corrected chi connectivity index (χ3v) is 4.54. The summed E-state index contributed by atoms with van der Waals surface area (Å²) in [5.74, 6) is -1.18. The van der Waals surface area contributed by atoms with E-state index in [1.54, 1.807) is 6.92 Å². The second kappa shape index (κ2) is 5.47. The van der Waals surface area contributed by atoms with Crippen molar-refractivity contribution in [2.24, 2.45) is 0 Å². The second-order valence-electron chi connectivity index (χ2n) is 3.84. The second-order valence-corrected chi connectivity index (χ2v) is 5.85. The van der Waals surface area contributed by atoms with Crippen molar-refractivity contribution in [3.05, 3.63) is 29.3 Å². The van der Waals surface area contributed by atoms with E-state index in [-0.39, 0.29) is 23.6 Å². The highest BCUT2D eigenvalue weighted by atomic mass is 32.2. The van der Waals surface area contributed by atoms with E-state index in [4.69, 9.17) is 10.2 Å². The fourth-order valence-electron chi connectivity index (χ4n) is 1.44. The summed E-state index contributed by atoms with van der Waals surface area (Å²) >= 11 is 0. The maximum absolute atomic E-state index is 12.1. The predicted octanol–water partition coefficient (Wildman–Crippen LogP) is 0.306. The summed E-state index contributed by atoms with van der Waals surface area (Å²) in [6.07, 6.45) is 0. The van der Waals surface area contributed by atoms with Crippen LogP contribution in [0.3, 0.4) is 0 Å². The molecule has 0 amide bonds. The van der Waals surface area contributed by atoms with E-state index in [0.717, 1.165) is 10.4 Å².